The molecule has 1 amide bonds. The van der Waals surface area contributed by atoms with Gasteiger partial charge in [0.25, 0.3) is 5.91 Å². The van der Waals surface area contributed by atoms with Gasteiger partial charge in [-0.25, -0.2) is 4.39 Å². The number of phenols is 1. The first-order chi connectivity index (χ1) is 8.18. The maximum atomic E-state index is 13.3. The fourth-order valence-corrected chi connectivity index (χ4v) is 1.41. The van der Waals surface area contributed by atoms with Crippen LogP contribution in [0.25, 0.3) is 0 Å². The molecule has 0 aliphatic carbocycles. The molecule has 0 heterocycles. The summed E-state index contributed by atoms with van der Waals surface area (Å²) in [6.07, 6.45) is 0. The Morgan fingerprint density at radius 3 is 2.41 bits per heavy atom. The number of amides is 1. The van der Waals surface area contributed by atoms with E-state index in [2.05, 4.69) is 5.32 Å². The normalized spacial score (nSPS) is 9.94. The molecule has 0 aliphatic heterocycles. The Bertz CT molecular complexity index is 555. The summed E-state index contributed by atoms with van der Waals surface area (Å²) in [4.78, 5) is 11.7. The van der Waals surface area contributed by atoms with Crippen molar-refractivity contribution in [2.45, 2.75) is 0 Å². The lowest BCUT2D eigenvalue weighted by molar-refractivity contribution is 0.102. The number of rotatable bonds is 2. The van der Waals surface area contributed by atoms with Crippen molar-refractivity contribution in [1.29, 1.82) is 0 Å². The lowest BCUT2D eigenvalue weighted by Crippen LogP contribution is -2.13. The van der Waals surface area contributed by atoms with Gasteiger partial charge in [0, 0.05) is 0 Å². The van der Waals surface area contributed by atoms with Crippen molar-refractivity contribution < 1.29 is 14.3 Å². The number of anilines is 1. The van der Waals surface area contributed by atoms with Crippen molar-refractivity contribution in [1.82, 2.24) is 0 Å². The highest BCUT2D eigenvalue weighted by Gasteiger charge is 2.12. The fourth-order valence-electron chi connectivity index (χ4n) is 1.41. The zero-order chi connectivity index (χ0) is 12.3. The number of para-hydroxylation sites is 2. The largest absolute Gasteiger partial charge is 0.506 e. The van der Waals surface area contributed by atoms with Crippen LogP contribution in [0.3, 0.4) is 0 Å². The van der Waals surface area contributed by atoms with Gasteiger partial charge in [0.05, 0.1) is 11.3 Å². The maximum absolute atomic E-state index is 13.3. The van der Waals surface area contributed by atoms with Gasteiger partial charge >= 0.3 is 0 Å². The van der Waals surface area contributed by atoms with Crippen LogP contribution in [0, 0.1) is 5.82 Å². The molecule has 0 fully saturated rings. The second kappa shape index (κ2) is 4.65. The van der Waals surface area contributed by atoms with Crippen molar-refractivity contribution in [2.24, 2.45) is 0 Å². The van der Waals surface area contributed by atoms with Crippen LogP contribution < -0.4 is 5.32 Å². The Morgan fingerprint density at radius 2 is 1.71 bits per heavy atom. The Morgan fingerprint density at radius 1 is 1.06 bits per heavy atom. The highest BCUT2D eigenvalue weighted by molar-refractivity contribution is 6.05. The molecule has 0 spiro atoms. The minimum atomic E-state index is -0.597. The first-order valence-electron chi connectivity index (χ1n) is 5.02. The van der Waals surface area contributed by atoms with Crippen molar-refractivity contribution in [3.8, 4) is 5.75 Å². The zero-order valence-electron chi connectivity index (χ0n) is 8.85. The molecule has 0 aromatic heterocycles. The van der Waals surface area contributed by atoms with E-state index in [4.69, 9.17) is 0 Å². The number of halogens is 1. The molecule has 2 N–H and O–H groups in total. The van der Waals surface area contributed by atoms with E-state index < -0.39 is 11.7 Å². The van der Waals surface area contributed by atoms with E-state index in [1.807, 2.05) is 0 Å². The second-order valence-corrected chi connectivity index (χ2v) is 3.45. The third kappa shape index (κ3) is 2.42. The molecule has 2 rings (SSSR count). The third-order valence-corrected chi connectivity index (χ3v) is 2.27. The first kappa shape index (κ1) is 11.1. The smallest absolute Gasteiger partial charge is 0.258 e. The van der Waals surface area contributed by atoms with E-state index in [1.165, 1.54) is 30.3 Å². The van der Waals surface area contributed by atoms with Gasteiger partial charge in [-0.2, -0.15) is 0 Å². The molecule has 0 saturated heterocycles. The predicted octanol–water partition coefficient (Wildman–Crippen LogP) is 2.78. The van der Waals surface area contributed by atoms with Gasteiger partial charge in [-0.05, 0) is 24.3 Å². The molecular formula is C13H10FNO2. The summed E-state index contributed by atoms with van der Waals surface area (Å²) in [7, 11) is 0. The molecule has 0 saturated carbocycles. The minimum Gasteiger partial charge on any atom is -0.506 e. The zero-order valence-corrected chi connectivity index (χ0v) is 8.85. The van der Waals surface area contributed by atoms with Crippen LogP contribution in [0.2, 0.25) is 0 Å². The molecule has 0 unspecified atom stereocenters. The molecule has 86 valence electrons. The third-order valence-electron chi connectivity index (χ3n) is 2.27. The van der Waals surface area contributed by atoms with Gasteiger partial charge in [-0.1, -0.05) is 24.3 Å². The van der Waals surface area contributed by atoms with Crippen molar-refractivity contribution in [3.63, 3.8) is 0 Å². The van der Waals surface area contributed by atoms with Crippen LogP contribution in [0.4, 0.5) is 10.1 Å². The lowest BCUT2D eigenvalue weighted by atomic mass is 10.2. The van der Waals surface area contributed by atoms with Gasteiger partial charge in [-0.15, -0.1) is 0 Å². The average Bonchev–Trinajstić information content (AvgIpc) is 2.32. The van der Waals surface area contributed by atoms with Crippen molar-refractivity contribution in [3.05, 3.63) is 59.9 Å². The number of hydrogen-bond acceptors (Lipinski definition) is 2. The molecule has 4 heteroatoms. The van der Waals surface area contributed by atoms with E-state index in [9.17, 15) is 14.3 Å². The maximum Gasteiger partial charge on any atom is 0.258 e. The average molecular weight is 231 g/mol. The standard InChI is InChI=1S/C13H10FNO2/c14-10-6-2-1-5-9(10)13(17)15-11-7-3-4-8-12(11)16/h1-8,16H,(H,15,17). The number of nitrogens with one attached hydrogen (secondary N) is 1. The van der Waals surface area contributed by atoms with Gasteiger partial charge in [0.2, 0.25) is 0 Å². The monoisotopic (exact) mass is 231 g/mol. The summed E-state index contributed by atoms with van der Waals surface area (Å²) >= 11 is 0. The van der Waals surface area contributed by atoms with E-state index in [-0.39, 0.29) is 17.0 Å². The summed E-state index contributed by atoms with van der Waals surface area (Å²) in [6.45, 7) is 0. The SMILES string of the molecule is O=C(Nc1ccccc1O)c1ccccc1F. The van der Waals surface area contributed by atoms with E-state index in [0.717, 1.165) is 0 Å². The van der Waals surface area contributed by atoms with Gasteiger partial charge in [0.15, 0.2) is 0 Å². The number of phenolic OH excluding ortho intramolecular Hbond substituents is 1. The summed E-state index contributed by atoms with van der Waals surface area (Å²) in [5.74, 6) is -1.25. The Labute approximate surface area is 97.5 Å². The number of benzene rings is 2. The molecule has 2 aromatic carbocycles. The Kier molecular flexibility index (Phi) is 3.05. The minimum absolute atomic E-state index is 0.0582. The Balaban J connectivity index is 2.24. The van der Waals surface area contributed by atoms with Crippen LogP contribution in [0.15, 0.2) is 48.5 Å². The quantitative estimate of drug-likeness (QED) is 0.781. The summed E-state index contributed by atoms with van der Waals surface area (Å²) in [6, 6.07) is 11.9. The highest BCUT2D eigenvalue weighted by atomic mass is 19.1. The summed E-state index contributed by atoms with van der Waals surface area (Å²) in [5.41, 5.74) is 0.191. The van der Waals surface area contributed by atoms with Crippen LogP contribution in [0.5, 0.6) is 5.75 Å². The van der Waals surface area contributed by atoms with E-state index >= 15 is 0 Å². The van der Waals surface area contributed by atoms with Gasteiger partial charge in [0.1, 0.15) is 11.6 Å². The first-order valence-corrected chi connectivity index (χ1v) is 5.02. The number of carbonyl (C=O) groups excluding carboxylic acids is 1. The lowest BCUT2D eigenvalue weighted by Gasteiger charge is -2.07. The van der Waals surface area contributed by atoms with Crippen molar-refractivity contribution in [2.75, 3.05) is 5.32 Å². The van der Waals surface area contributed by atoms with Crippen LogP contribution in [0.1, 0.15) is 10.4 Å². The molecule has 3 nitrogen and oxygen atoms in total. The van der Waals surface area contributed by atoms with Crippen molar-refractivity contribution >= 4 is 11.6 Å². The fraction of sp³-hybridized carbons (Fsp3) is 0. The Hall–Kier alpha value is -2.36. The molecular weight excluding hydrogens is 221 g/mol. The predicted molar refractivity (Wildman–Crippen MR) is 62.5 cm³/mol. The van der Waals surface area contributed by atoms with E-state index in [0.29, 0.717) is 0 Å². The number of carbonyl (C=O) groups is 1. The number of aromatic hydroxyl groups is 1. The van der Waals surface area contributed by atoms with E-state index in [1.54, 1.807) is 18.2 Å². The molecule has 17 heavy (non-hydrogen) atoms. The van der Waals surface area contributed by atoms with Crippen LogP contribution >= 0.6 is 0 Å². The van der Waals surface area contributed by atoms with Crippen LogP contribution in [-0.4, -0.2) is 11.0 Å². The summed E-state index contributed by atoms with van der Waals surface area (Å²) < 4.78 is 13.3. The summed E-state index contributed by atoms with van der Waals surface area (Å²) in [5, 5.41) is 11.9. The van der Waals surface area contributed by atoms with Gasteiger partial charge < -0.3 is 10.4 Å². The topological polar surface area (TPSA) is 49.3 Å². The van der Waals surface area contributed by atoms with Crippen LogP contribution in [-0.2, 0) is 0 Å². The number of hydrogen-bond donors (Lipinski definition) is 2. The molecule has 0 aliphatic rings. The van der Waals surface area contributed by atoms with Gasteiger partial charge in [-0.3, -0.25) is 4.79 Å². The second-order valence-electron chi connectivity index (χ2n) is 3.45. The molecule has 2 aromatic rings. The molecule has 0 bridgehead atoms. The highest BCUT2D eigenvalue weighted by Crippen LogP contribution is 2.22. The molecule has 0 atom stereocenters. The molecule has 0 radical (unpaired) electrons.